The molecular formula is C20H32N2O. The van der Waals surface area contributed by atoms with Gasteiger partial charge in [-0.15, -0.1) is 0 Å². The van der Waals surface area contributed by atoms with Gasteiger partial charge in [-0.1, -0.05) is 51.1 Å². The molecule has 0 N–H and O–H groups in total. The van der Waals surface area contributed by atoms with Gasteiger partial charge in [-0.3, -0.25) is 9.69 Å². The van der Waals surface area contributed by atoms with Crippen LogP contribution in [0, 0.1) is 5.41 Å². The first kappa shape index (κ1) is 18.0. The van der Waals surface area contributed by atoms with E-state index < -0.39 is 0 Å². The summed E-state index contributed by atoms with van der Waals surface area (Å²) in [5, 5.41) is 0. The number of hydrogen-bond acceptors (Lipinski definition) is 2. The van der Waals surface area contributed by atoms with Crippen molar-refractivity contribution in [3.05, 3.63) is 35.9 Å². The Bertz CT molecular complexity index is 470. The molecule has 1 aromatic carbocycles. The Kier molecular flexibility index (Phi) is 6.64. The number of hydrogen-bond donors (Lipinski definition) is 0. The standard InChI is InChI=1S/C20H32N2O/c1-20(2,3)12-13-21-14-16-22(17-15-21)19(23)11-7-10-18-8-5-4-6-9-18/h4-6,8-9H,7,10-17H2,1-3H3. The molecule has 0 aliphatic carbocycles. The fourth-order valence-corrected chi connectivity index (χ4v) is 2.96. The van der Waals surface area contributed by atoms with Gasteiger partial charge in [0.25, 0.3) is 0 Å². The zero-order chi connectivity index (χ0) is 16.7. The van der Waals surface area contributed by atoms with Crippen LogP contribution in [0.2, 0.25) is 0 Å². The van der Waals surface area contributed by atoms with Crippen molar-refractivity contribution in [2.45, 2.75) is 46.5 Å². The van der Waals surface area contributed by atoms with Crippen molar-refractivity contribution in [1.29, 1.82) is 0 Å². The van der Waals surface area contributed by atoms with Crippen LogP contribution < -0.4 is 0 Å². The molecule has 0 aromatic heterocycles. The molecule has 1 aliphatic heterocycles. The van der Waals surface area contributed by atoms with Crippen molar-refractivity contribution >= 4 is 5.91 Å². The smallest absolute Gasteiger partial charge is 0.222 e. The van der Waals surface area contributed by atoms with Gasteiger partial charge < -0.3 is 4.90 Å². The van der Waals surface area contributed by atoms with Gasteiger partial charge in [0.2, 0.25) is 5.91 Å². The van der Waals surface area contributed by atoms with E-state index in [0.29, 0.717) is 17.7 Å². The van der Waals surface area contributed by atoms with Crippen LogP contribution >= 0.6 is 0 Å². The number of rotatable bonds is 6. The molecule has 0 unspecified atom stereocenters. The maximum Gasteiger partial charge on any atom is 0.222 e. The van der Waals surface area contributed by atoms with Gasteiger partial charge in [-0.05, 0) is 36.8 Å². The van der Waals surface area contributed by atoms with Gasteiger partial charge in [0.15, 0.2) is 0 Å². The van der Waals surface area contributed by atoms with E-state index in [-0.39, 0.29) is 0 Å². The predicted octanol–water partition coefficient (Wildman–Crippen LogP) is 3.59. The Hall–Kier alpha value is -1.35. The Balaban J connectivity index is 1.63. The molecule has 0 bridgehead atoms. The van der Waals surface area contributed by atoms with Crippen molar-refractivity contribution in [3.8, 4) is 0 Å². The van der Waals surface area contributed by atoms with Gasteiger partial charge in [-0.2, -0.15) is 0 Å². The average Bonchev–Trinajstić information content (AvgIpc) is 2.54. The minimum atomic E-state index is 0.330. The number of amides is 1. The molecule has 1 aromatic rings. The maximum atomic E-state index is 12.3. The van der Waals surface area contributed by atoms with Crippen molar-refractivity contribution in [1.82, 2.24) is 9.80 Å². The van der Waals surface area contributed by atoms with E-state index in [1.165, 1.54) is 12.0 Å². The lowest BCUT2D eigenvalue weighted by Gasteiger charge is -2.36. The zero-order valence-corrected chi connectivity index (χ0v) is 15.1. The Labute approximate surface area is 141 Å². The van der Waals surface area contributed by atoms with E-state index >= 15 is 0 Å². The lowest BCUT2D eigenvalue weighted by molar-refractivity contribution is -0.133. The van der Waals surface area contributed by atoms with E-state index in [0.717, 1.165) is 45.6 Å². The van der Waals surface area contributed by atoms with E-state index in [2.05, 4.69) is 54.8 Å². The Morgan fingerprint density at radius 3 is 2.30 bits per heavy atom. The highest BCUT2D eigenvalue weighted by molar-refractivity contribution is 5.76. The molecule has 0 spiro atoms. The summed E-state index contributed by atoms with van der Waals surface area (Å²) in [5.41, 5.74) is 1.72. The van der Waals surface area contributed by atoms with E-state index in [1.54, 1.807) is 0 Å². The van der Waals surface area contributed by atoms with Crippen LogP contribution in [0.1, 0.15) is 45.6 Å². The van der Waals surface area contributed by atoms with Crippen LogP contribution in [0.4, 0.5) is 0 Å². The topological polar surface area (TPSA) is 23.6 Å². The van der Waals surface area contributed by atoms with Crippen LogP contribution in [0.3, 0.4) is 0 Å². The van der Waals surface area contributed by atoms with Crippen LogP contribution in [0.5, 0.6) is 0 Å². The third kappa shape index (κ3) is 6.74. The number of piperazine rings is 1. The first-order chi connectivity index (χ1) is 10.9. The molecule has 3 nitrogen and oxygen atoms in total. The molecule has 0 saturated carbocycles. The van der Waals surface area contributed by atoms with Gasteiger partial charge >= 0.3 is 0 Å². The molecule has 128 valence electrons. The second-order valence-corrected chi connectivity index (χ2v) is 7.87. The largest absolute Gasteiger partial charge is 0.340 e. The number of aryl methyl sites for hydroxylation is 1. The highest BCUT2D eigenvalue weighted by Gasteiger charge is 2.21. The van der Waals surface area contributed by atoms with Gasteiger partial charge in [0.1, 0.15) is 0 Å². The molecule has 1 fully saturated rings. The van der Waals surface area contributed by atoms with E-state index in [1.807, 2.05) is 6.07 Å². The quantitative estimate of drug-likeness (QED) is 0.801. The van der Waals surface area contributed by atoms with Crippen molar-refractivity contribution in [2.75, 3.05) is 32.7 Å². The number of nitrogens with zero attached hydrogens (tertiary/aromatic N) is 2. The van der Waals surface area contributed by atoms with Crippen LogP contribution in [-0.4, -0.2) is 48.4 Å². The molecule has 1 heterocycles. The summed E-state index contributed by atoms with van der Waals surface area (Å²) in [5.74, 6) is 0.330. The first-order valence-electron chi connectivity index (χ1n) is 8.98. The summed E-state index contributed by atoms with van der Waals surface area (Å²) in [4.78, 5) is 16.9. The van der Waals surface area contributed by atoms with Crippen LogP contribution in [0.25, 0.3) is 0 Å². The summed E-state index contributed by atoms with van der Waals surface area (Å²) in [7, 11) is 0. The highest BCUT2D eigenvalue weighted by Crippen LogP contribution is 2.19. The van der Waals surface area contributed by atoms with Crippen molar-refractivity contribution < 1.29 is 4.79 Å². The predicted molar refractivity (Wildman–Crippen MR) is 96.5 cm³/mol. The molecule has 1 amide bonds. The summed E-state index contributed by atoms with van der Waals surface area (Å²) < 4.78 is 0. The maximum absolute atomic E-state index is 12.3. The lowest BCUT2D eigenvalue weighted by atomic mass is 9.92. The Morgan fingerprint density at radius 1 is 1.04 bits per heavy atom. The summed E-state index contributed by atoms with van der Waals surface area (Å²) in [6.45, 7) is 11.9. The molecular weight excluding hydrogens is 284 g/mol. The first-order valence-corrected chi connectivity index (χ1v) is 8.98. The van der Waals surface area contributed by atoms with Gasteiger partial charge in [-0.25, -0.2) is 0 Å². The lowest BCUT2D eigenvalue weighted by Crippen LogP contribution is -2.49. The van der Waals surface area contributed by atoms with Crippen LogP contribution in [-0.2, 0) is 11.2 Å². The zero-order valence-electron chi connectivity index (χ0n) is 15.1. The van der Waals surface area contributed by atoms with Gasteiger partial charge in [0, 0.05) is 32.6 Å². The van der Waals surface area contributed by atoms with Crippen LogP contribution in [0.15, 0.2) is 30.3 Å². The molecule has 23 heavy (non-hydrogen) atoms. The molecule has 1 aliphatic rings. The van der Waals surface area contributed by atoms with Gasteiger partial charge in [0.05, 0.1) is 0 Å². The fraction of sp³-hybridized carbons (Fsp3) is 0.650. The SMILES string of the molecule is CC(C)(C)CCN1CCN(C(=O)CCCc2ccccc2)CC1. The molecule has 3 heteroatoms. The van der Waals surface area contributed by atoms with E-state index in [9.17, 15) is 4.79 Å². The summed E-state index contributed by atoms with van der Waals surface area (Å²) >= 11 is 0. The second-order valence-electron chi connectivity index (χ2n) is 7.87. The average molecular weight is 316 g/mol. The molecule has 1 saturated heterocycles. The third-order valence-corrected chi connectivity index (χ3v) is 4.60. The fourth-order valence-electron chi connectivity index (χ4n) is 2.96. The summed E-state index contributed by atoms with van der Waals surface area (Å²) in [6, 6.07) is 10.4. The normalized spacial score (nSPS) is 16.6. The minimum Gasteiger partial charge on any atom is -0.340 e. The number of benzene rings is 1. The minimum absolute atomic E-state index is 0.330. The third-order valence-electron chi connectivity index (χ3n) is 4.60. The molecule has 0 radical (unpaired) electrons. The van der Waals surface area contributed by atoms with Crippen molar-refractivity contribution in [3.63, 3.8) is 0 Å². The van der Waals surface area contributed by atoms with E-state index in [4.69, 9.17) is 0 Å². The molecule has 2 rings (SSSR count). The summed E-state index contributed by atoms with van der Waals surface area (Å²) in [6.07, 6.45) is 3.85. The Morgan fingerprint density at radius 2 is 1.70 bits per heavy atom. The number of carbonyl (C=O) groups excluding carboxylic acids is 1. The monoisotopic (exact) mass is 316 g/mol. The van der Waals surface area contributed by atoms with Crippen molar-refractivity contribution in [2.24, 2.45) is 5.41 Å². The second kappa shape index (κ2) is 8.49. The number of carbonyl (C=O) groups is 1. The molecule has 0 atom stereocenters. The highest BCUT2D eigenvalue weighted by atomic mass is 16.2.